The van der Waals surface area contributed by atoms with E-state index in [9.17, 15) is 4.79 Å². The van der Waals surface area contributed by atoms with Gasteiger partial charge in [0, 0.05) is 46.7 Å². The lowest BCUT2D eigenvalue weighted by molar-refractivity contribution is -0.131. The van der Waals surface area contributed by atoms with Crippen LogP contribution in [0.15, 0.2) is 12.1 Å². The highest BCUT2D eigenvalue weighted by atomic mass is 16.2. The molecule has 2 aliphatic rings. The highest BCUT2D eigenvalue weighted by Gasteiger charge is 2.23. The van der Waals surface area contributed by atoms with Crippen molar-refractivity contribution in [3.05, 3.63) is 12.1 Å². The minimum absolute atomic E-state index is 0.329. The molecule has 24 heavy (non-hydrogen) atoms. The van der Waals surface area contributed by atoms with Gasteiger partial charge in [0.15, 0.2) is 11.6 Å². The molecule has 132 valence electrons. The van der Waals surface area contributed by atoms with Gasteiger partial charge in [0.1, 0.15) is 0 Å². The minimum Gasteiger partial charge on any atom is -0.361 e. The van der Waals surface area contributed by atoms with Gasteiger partial charge < -0.3 is 14.7 Å². The minimum atomic E-state index is 0.329. The molecule has 1 amide bonds. The summed E-state index contributed by atoms with van der Waals surface area (Å²) in [6.07, 6.45) is 7.15. The van der Waals surface area contributed by atoms with E-state index in [1.165, 1.54) is 25.7 Å². The van der Waals surface area contributed by atoms with Crippen LogP contribution in [0.3, 0.4) is 0 Å². The summed E-state index contributed by atoms with van der Waals surface area (Å²) in [5, 5.41) is 8.55. The summed E-state index contributed by atoms with van der Waals surface area (Å²) in [5.74, 6) is 2.88. The zero-order chi connectivity index (χ0) is 16.9. The Morgan fingerprint density at radius 1 is 1.12 bits per heavy atom. The van der Waals surface area contributed by atoms with Gasteiger partial charge in [-0.05, 0) is 24.5 Å². The second kappa shape index (κ2) is 7.81. The second-order valence-electron chi connectivity index (χ2n) is 7.20. The van der Waals surface area contributed by atoms with Gasteiger partial charge in [-0.2, -0.15) is 0 Å². The third-order valence-electron chi connectivity index (χ3n) is 5.29. The molecule has 2 fully saturated rings. The molecular weight excluding hydrogens is 302 g/mol. The first-order valence-corrected chi connectivity index (χ1v) is 9.17. The Morgan fingerprint density at radius 2 is 1.83 bits per heavy atom. The molecular formula is C18H29N5O. The van der Waals surface area contributed by atoms with Crippen LogP contribution < -0.4 is 9.80 Å². The topological polar surface area (TPSA) is 52.6 Å². The molecule has 1 saturated carbocycles. The number of hydrogen-bond donors (Lipinski definition) is 0. The fourth-order valence-electron chi connectivity index (χ4n) is 3.70. The van der Waals surface area contributed by atoms with E-state index in [2.05, 4.69) is 15.1 Å². The number of nitrogens with zero attached hydrogens (tertiary/aromatic N) is 5. The van der Waals surface area contributed by atoms with Gasteiger partial charge >= 0.3 is 0 Å². The van der Waals surface area contributed by atoms with E-state index >= 15 is 0 Å². The van der Waals surface area contributed by atoms with Gasteiger partial charge in [-0.25, -0.2) is 0 Å². The lowest BCUT2D eigenvalue weighted by Crippen LogP contribution is -2.49. The van der Waals surface area contributed by atoms with Crippen LogP contribution in [0.2, 0.25) is 0 Å². The highest BCUT2D eigenvalue weighted by Crippen LogP contribution is 2.28. The fraction of sp³-hybridized carbons (Fsp3) is 0.722. The number of hydrogen-bond acceptors (Lipinski definition) is 5. The zero-order valence-corrected chi connectivity index (χ0v) is 14.9. The summed E-state index contributed by atoms with van der Waals surface area (Å²) in [6.45, 7) is 3.26. The van der Waals surface area contributed by atoms with Crippen LogP contribution in [0, 0.1) is 5.92 Å². The number of carbonyl (C=O) groups is 1. The monoisotopic (exact) mass is 331 g/mol. The average Bonchev–Trinajstić information content (AvgIpc) is 3.13. The SMILES string of the molecule is CN(C)c1ccc(N2CCN(C(=O)CCC3CCCC3)CC2)nn1. The van der Waals surface area contributed by atoms with Crippen molar-refractivity contribution in [2.75, 3.05) is 50.1 Å². The molecule has 1 saturated heterocycles. The number of rotatable bonds is 5. The van der Waals surface area contributed by atoms with Crippen LogP contribution >= 0.6 is 0 Å². The number of amides is 1. The van der Waals surface area contributed by atoms with E-state index in [1.54, 1.807) is 0 Å². The molecule has 0 N–H and O–H groups in total. The third kappa shape index (κ3) is 4.16. The normalized spacial score (nSPS) is 18.9. The molecule has 1 aromatic rings. The molecule has 0 spiro atoms. The summed E-state index contributed by atoms with van der Waals surface area (Å²) in [5.41, 5.74) is 0. The van der Waals surface area contributed by atoms with Crippen molar-refractivity contribution in [1.82, 2.24) is 15.1 Å². The Hall–Kier alpha value is -1.85. The Balaban J connectivity index is 1.45. The van der Waals surface area contributed by atoms with Crippen molar-refractivity contribution in [3.8, 4) is 0 Å². The molecule has 0 aromatic carbocycles. The number of piperazine rings is 1. The van der Waals surface area contributed by atoms with E-state index in [1.807, 2.05) is 36.0 Å². The summed E-state index contributed by atoms with van der Waals surface area (Å²) in [6, 6.07) is 4.00. The predicted molar refractivity (Wildman–Crippen MR) is 96.3 cm³/mol. The van der Waals surface area contributed by atoms with Crippen LogP contribution in [-0.2, 0) is 4.79 Å². The molecule has 1 aliphatic carbocycles. The van der Waals surface area contributed by atoms with E-state index in [0.717, 1.165) is 56.6 Å². The zero-order valence-electron chi connectivity index (χ0n) is 14.9. The van der Waals surface area contributed by atoms with Crippen LogP contribution in [0.1, 0.15) is 38.5 Å². The van der Waals surface area contributed by atoms with Crippen molar-refractivity contribution in [2.45, 2.75) is 38.5 Å². The third-order valence-corrected chi connectivity index (χ3v) is 5.29. The fourth-order valence-corrected chi connectivity index (χ4v) is 3.70. The lowest BCUT2D eigenvalue weighted by Gasteiger charge is -2.35. The van der Waals surface area contributed by atoms with Gasteiger partial charge in [0.05, 0.1) is 0 Å². The van der Waals surface area contributed by atoms with E-state index in [4.69, 9.17) is 0 Å². The maximum Gasteiger partial charge on any atom is 0.222 e. The summed E-state index contributed by atoms with van der Waals surface area (Å²) in [7, 11) is 3.92. The van der Waals surface area contributed by atoms with Gasteiger partial charge in [-0.3, -0.25) is 4.79 Å². The van der Waals surface area contributed by atoms with Crippen molar-refractivity contribution < 1.29 is 4.79 Å². The molecule has 1 aliphatic heterocycles. The standard InChI is InChI=1S/C18H29N5O/c1-21(2)16-8-9-17(20-19-16)22-11-13-23(14-12-22)18(24)10-7-15-5-3-4-6-15/h8-9,15H,3-7,10-14H2,1-2H3. The van der Waals surface area contributed by atoms with Crippen molar-refractivity contribution >= 4 is 17.5 Å². The van der Waals surface area contributed by atoms with E-state index in [-0.39, 0.29) is 0 Å². The molecule has 0 atom stereocenters. The van der Waals surface area contributed by atoms with Crippen molar-refractivity contribution in [3.63, 3.8) is 0 Å². The average molecular weight is 331 g/mol. The molecule has 6 nitrogen and oxygen atoms in total. The molecule has 0 bridgehead atoms. The largest absolute Gasteiger partial charge is 0.361 e. The first-order valence-electron chi connectivity index (χ1n) is 9.17. The number of carbonyl (C=O) groups excluding carboxylic acids is 1. The summed E-state index contributed by atoms with van der Waals surface area (Å²) >= 11 is 0. The molecule has 0 unspecified atom stereocenters. The molecule has 6 heteroatoms. The van der Waals surface area contributed by atoms with Gasteiger partial charge in [0.25, 0.3) is 0 Å². The molecule has 3 rings (SSSR count). The quantitative estimate of drug-likeness (QED) is 0.827. The Labute approximate surface area is 144 Å². The van der Waals surface area contributed by atoms with Crippen LogP contribution in [0.25, 0.3) is 0 Å². The Morgan fingerprint density at radius 3 is 2.42 bits per heavy atom. The maximum atomic E-state index is 12.4. The molecule has 1 aromatic heterocycles. The van der Waals surface area contributed by atoms with E-state index < -0.39 is 0 Å². The lowest BCUT2D eigenvalue weighted by atomic mass is 10.0. The predicted octanol–water partition coefficient (Wildman–Crippen LogP) is 2.16. The molecule has 2 heterocycles. The van der Waals surface area contributed by atoms with Crippen LogP contribution in [-0.4, -0.2) is 61.3 Å². The first kappa shape index (κ1) is 17.0. The maximum absolute atomic E-state index is 12.4. The first-order chi connectivity index (χ1) is 11.6. The highest BCUT2D eigenvalue weighted by molar-refractivity contribution is 5.76. The van der Waals surface area contributed by atoms with Crippen LogP contribution in [0.4, 0.5) is 11.6 Å². The Bertz CT molecular complexity index is 531. The van der Waals surface area contributed by atoms with Crippen LogP contribution in [0.5, 0.6) is 0 Å². The summed E-state index contributed by atoms with van der Waals surface area (Å²) in [4.78, 5) is 18.6. The van der Waals surface area contributed by atoms with Gasteiger partial charge in [0.2, 0.25) is 5.91 Å². The number of anilines is 2. The Kier molecular flexibility index (Phi) is 5.53. The smallest absolute Gasteiger partial charge is 0.222 e. The van der Waals surface area contributed by atoms with Crippen molar-refractivity contribution in [2.24, 2.45) is 5.92 Å². The number of aromatic nitrogens is 2. The van der Waals surface area contributed by atoms with Gasteiger partial charge in [-0.1, -0.05) is 25.7 Å². The second-order valence-corrected chi connectivity index (χ2v) is 7.20. The van der Waals surface area contributed by atoms with Gasteiger partial charge in [-0.15, -0.1) is 10.2 Å². The van der Waals surface area contributed by atoms with E-state index in [0.29, 0.717) is 5.91 Å². The summed E-state index contributed by atoms with van der Waals surface area (Å²) < 4.78 is 0. The van der Waals surface area contributed by atoms with Crippen molar-refractivity contribution in [1.29, 1.82) is 0 Å². The molecule has 0 radical (unpaired) electrons.